The van der Waals surface area contributed by atoms with Gasteiger partial charge in [-0.2, -0.15) is 0 Å². The SMILES string of the molecule is Cc1cc(C)c(C)c(C(=O)CCCBr)c1C. The molecule has 0 radical (unpaired) electrons. The third-order valence-corrected chi connectivity index (χ3v) is 3.74. The lowest BCUT2D eigenvalue weighted by atomic mass is 9.90. The van der Waals surface area contributed by atoms with Gasteiger partial charge in [0.15, 0.2) is 5.78 Å². The first-order valence-corrected chi connectivity index (χ1v) is 6.77. The van der Waals surface area contributed by atoms with Crippen LogP contribution in [0.2, 0.25) is 0 Å². The third-order valence-electron chi connectivity index (χ3n) is 3.18. The van der Waals surface area contributed by atoms with Crippen LogP contribution in [-0.4, -0.2) is 11.1 Å². The zero-order valence-corrected chi connectivity index (χ0v) is 12.1. The minimum absolute atomic E-state index is 0.279. The second-order valence-corrected chi connectivity index (χ2v) is 5.14. The zero-order chi connectivity index (χ0) is 12.3. The van der Waals surface area contributed by atoms with Crippen molar-refractivity contribution in [1.29, 1.82) is 0 Å². The maximum Gasteiger partial charge on any atom is 0.163 e. The van der Waals surface area contributed by atoms with Crippen molar-refractivity contribution in [2.75, 3.05) is 5.33 Å². The molecule has 0 aliphatic carbocycles. The average Bonchev–Trinajstić information content (AvgIpc) is 2.24. The molecule has 0 amide bonds. The van der Waals surface area contributed by atoms with Crippen molar-refractivity contribution in [1.82, 2.24) is 0 Å². The summed E-state index contributed by atoms with van der Waals surface area (Å²) in [5.41, 5.74) is 5.65. The molecule has 1 rings (SSSR count). The minimum Gasteiger partial charge on any atom is -0.294 e. The smallest absolute Gasteiger partial charge is 0.163 e. The standard InChI is InChI=1S/C14H19BrO/c1-9-8-10(2)12(4)14(11(9)3)13(16)6-5-7-15/h8H,5-7H2,1-4H3. The van der Waals surface area contributed by atoms with E-state index in [1.165, 1.54) is 11.1 Å². The van der Waals surface area contributed by atoms with Gasteiger partial charge in [-0.25, -0.2) is 0 Å². The molecule has 0 heterocycles. The number of aryl methyl sites for hydroxylation is 2. The molecule has 0 N–H and O–H groups in total. The van der Waals surface area contributed by atoms with Crippen molar-refractivity contribution in [3.05, 3.63) is 33.9 Å². The molecule has 0 aliphatic rings. The molecule has 0 saturated carbocycles. The molecule has 1 aromatic rings. The molecule has 16 heavy (non-hydrogen) atoms. The Balaban J connectivity index is 3.16. The Hall–Kier alpha value is -0.630. The monoisotopic (exact) mass is 282 g/mol. The Kier molecular flexibility index (Phi) is 4.72. The van der Waals surface area contributed by atoms with Crippen molar-refractivity contribution in [3.63, 3.8) is 0 Å². The number of alkyl halides is 1. The van der Waals surface area contributed by atoms with E-state index >= 15 is 0 Å². The van der Waals surface area contributed by atoms with E-state index in [2.05, 4.69) is 35.8 Å². The van der Waals surface area contributed by atoms with Crippen LogP contribution in [0.4, 0.5) is 0 Å². The molecule has 1 aromatic carbocycles. The molecule has 88 valence electrons. The Labute approximate surface area is 106 Å². The van der Waals surface area contributed by atoms with Gasteiger partial charge >= 0.3 is 0 Å². The normalized spacial score (nSPS) is 10.6. The summed E-state index contributed by atoms with van der Waals surface area (Å²) < 4.78 is 0. The lowest BCUT2D eigenvalue weighted by molar-refractivity contribution is 0.0981. The molecule has 0 unspecified atom stereocenters. The van der Waals surface area contributed by atoms with Crippen LogP contribution in [0.5, 0.6) is 0 Å². The average molecular weight is 283 g/mol. The van der Waals surface area contributed by atoms with Gasteiger partial charge in [-0.15, -0.1) is 0 Å². The van der Waals surface area contributed by atoms with E-state index in [-0.39, 0.29) is 5.78 Å². The zero-order valence-electron chi connectivity index (χ0n) is 10.5. The Morgan fingerprint density at radius 1 is 1.12 bits per heavy atom. The van der Waals surface area contributed by atoms with Crippen LogP contribution >= 0.6 is 15.9 Å². The van der Waals surface area contributed by atoms with Gasteiger partial charge in [-0.1, -0.05) is 22.0 Å². The second-order valence-electron chi connectivity index (χ2n) is 4.35. The second kappa shape index (κ2) is 5.62. The largest absolute Gasteiger partial charge is 0.294 e. The highest BCUT2D eigenvalue weighted by molar-refractivity contribution is 9.09. The predicted octanol–water partition coefficient (Wildman–Crippen LogP) is 4.28. The molecular weight excluding hydrogens is 264 g/mol. The molecule has 0 saturated heterocycles. The summed E-state index contributed by atoms with van der Waals surface area (Å²) in [4.78, 5) is 12.1. The van der Waals surface area contributed by atoms with E-state index in [0.29, 0.717) is 6.42 Å². The number of Topliss-reactive ketones (excluding diaryl/α,β-unsaturated/α-hetero) is 1. The number of hydrogen-bond acceptors (Lipinski definition) is 1. The fraction of sp³-hybridized carbons (Fsp3) is 0.500. The highest BCUT2D eigenvalue weighted by Crippen LogP contribution is 2.23. The fourth-order valence-corrected chi connectivity index (χ4v) is 2.27. The first-order chi connectivity index (χ1) is 7.49. The van der Waals surface area contributed by atoms with Gasteiger partial charge in [0, 0.05) is 17.3 Å². The lowest BCUT2D eigenvalue weighted by Gasteiger charge is -2.14. The van der Waals surface area contributed by atoms with Gasteiger partial charge in [0.1, 0.15) is 0 Å². The molecule has 1 nitrogen and oxygen atoms in total. The van der Waals surface area contributed by atoms with Crippen LogP contribution < -0.4 is 0 Å². The molecule has 0 atom stereocenters. The fourth-order valence-electron chi connectivity index (χ4n) is 1.99. The first-order valence-electron chi connectivity index (χ1n) is 5.65. The Bertz CT molecular complexity index is 381. The minimum atomic E-state index is 0.279. The summed E-state index contributed by atoms with van der Waals surface area (Å²) in [6.07, 6.45) is 1.54. The summed E-state index contributed by atoms with van der Waals surface area (Å²) >= 11 is 3.36. The molecule has 0 aromatic heterocycles. The van der Waals surface area contributed by atoms with Crippen LogP contribution in [0.15, 0.2) is 6.07 Å². The van der Waals surface area contributed by atoms with Crippen molar-refractivity contribution < 1.29 is 4.79 Å². The van der Waals surface area contributed by atoms with Crippen molar-refractivity contribution in [3.8, 4) is 0 Å². The summed E-state index contributed by atoms with van der Waals surface area (Å²) in [5.74, 6) is 0.279. The Morgan fingerprint density at radius 3 is 2.06 bits per heavy atom. The topological polar surface area (TPSA) is 17.1 Å². The number of carbonyl (C=O) groups excluding carboxylic acids is 1. The van der Waals surface area contributed by atoms with Gasteiger partial charge in [-0.3, -0.25) is 4.79 Å². The van der Waals surface area contributed by atoms with Crippen LogP contribution in [0.25, 0.3) is 0 Å². The van der Waals surface area contributed by atoms with Crippen molar-refractivity contribution in [2.45, 2.75) is 40.5 Å². The maximum absolute atomic E-state index is 12.1. The lowest BCUT2D eigenvalue weighted by Crippen LogP contribution is -2.07. The van der Waals surface area contributed by atoms with Crippen molar-refractivity contribution in [2.24, 2.45) is 0 Å². The molecular formula is C14H19BrO. The first kappa shape index (κ1) is 13.4. The van der Waals surface area contributed by atoms with E-state index in [9.17, 15) is 4.79 Å². The number of carbonyl (C=O) groups is 1. The third kappa shape index (κ3) is 2.73. The number of hydrogen-bond donors (Lipinski definition) is 0. The predicted molar refractivity (Wildman–Crippen MR) is 72.7 cm³/mol. The van der Waals surface area contributed by atoms with Crippen molar-refractivity contribution >= 4 is 21.7 Å². The van der Waals surface area contributed by atoms with E-state index < -0.39 is 0 Å². The van der Waals surface area contributed by atoms with E-state index in [1.807, 2.05) is 13.8 Å². The van der Waals surface area contributed by atoms with Gasteiger partial charge in [-0.05, 0) is 56.4 Å². The summed E-state index contributed by atoms with van der Waals surface area (Å²) in [7, 11) is 0. The summed E-state index contributed by atoms with van der Waals surface area (Å²) in [6, 6.07) is 2.16. The Morgan fingerprint density at radius 2 is 1.62 bits per heavy atom. The van der Waals surface area contributed by atoms with Crippen LogP contribution in [0, 0.1) is 27.7 Å². The number of halogens is 1. The molecule has 2 heteroatoms. The quantitative estimate of drug-likeness (QED) is 0.595. The van der Waals surface area contributed by atoms with Gasteiger partial charge in [0.2, 0.25) is 0 Å². The summed E-state index contributed by atoms with van der Waals surface area (Å²) in [5, 5.41) is 0.891. The summed E-state index contributed by atoms with van der Waals surface area (Å²) in [6.45, 7) is 8.23. The van der Waals surface area contributed by atoms with E-state index in [0.717, 1.165) is 28.4 Å². The molecule has 0 aliphatic heterocycles. The van der Waals surface area contributed by atoms with Gasteiger partial charge in [0.05, 0.1) is 0 Å². The molecule has 0 spiro atoms. The highest BCUT2D eigenvalue weighted by Gasteiger charge is 2.14. The van der Waals surface area contributed by atoms with E-state index in [1.54, 1.807) is 0 Å². The van der Waals surface area contributed by atoms with Crippen LogP contribution in [-0.2, 0) is 0 Å². The molecule has 0 bridgehead atoms. The van der Waals surface area contributed by atoms with E-state index in [4.69, 9.17) is 0 Å². The van der Waals surface area contributed by atoms with Gasteiger partial charge in [0.25, 0.3) is 0 Å². The molecule has 0 fully saturated rings. The highest BCUT2D eigenvalue weighted by atomic mass is 79.9. The number of ketones is 1. The maximum atomic E-state index is 12.1. The van der Waals surface area contributed by atoms with Crippen LogP contribution in [0.3, 0.4) is 0 Å². The van der Waals surface area contributed by atoms with Crippen LogP contribution in [0.1, 0.15) is 45.5 Å². The number of rotatable bonds is 4. The number of benzene rings is 1. The van der Waals surface area contributed by atoms with Gasteiger partial charge < -0.3 is 0 Å².